The van der Waals surface area contributed by atoms with Crippen molar-refractivity contribution in [2.75, 3.05) is 32.7 Å². The number of benzene rings is 2. The van der Waals surface area contributed by atoms with Crippen molar-refractivity contribution in [3.05, 3.63) is 58.1 Å². The van der Waals surface area contributed by atoms with Crippen LogP contribution in [0.15, 0.2) is 30.3 Å². The lowest BCUT2D eigenvalue weighted by atomic mass is 9.93. The molecule has 0 aliphatic carbocycles. The lowest BCUT2D eigenvalue weighted by Crippen LogP contribution is -2.45. The molecule has 0 fully saturated rings. The van der Waals surface area contributed by atoms with Crippen molar-refractivity contribution in [2.45, 2.75) is 111 Å². The Morgan fingerprint density at radius 1 is 0.843 bits per heavy atom. The fourth-order valence-electron chi connectivity index (χ4n) is 5.42. The average Bonchev–Trinajstić information content (AvgIpc) is 3.05. The lowest BCUT2D eigenvalue weighted by molar-refractivity contribution is -0.145. The highest BCUT2D eigenvalue weighted by molar-refractivity contribution is 7.59. The summed E-state index contributed by atoms with van der Waals surface area (Å²) >= 11 is 0. The van der Waals surface area contributed by atoms with Crippen LogP contribution >= 0.6 is 7.44 Å². The first-order chi connectivity index (χ1) is 24.1. The summed E-state index contributed by atoms with van der Waals surface area (Å²) in [5.74, 6) is -0.907. The van der Waals surface area contributed by atoms with E-state index in [1.54, 1.807) is 19.9 Å². The molecule has 0 bridgehead atoms. The highest BCUT2D eigenvalue weighted by atomic mass is 31.2. The summed E-state index contributed by atoms with van der Waals surface area (Å²) in [6.45, 7) is 13.9. The molecule has 0 saturated carbocycles. The van der Waals surface area contributed by atoms with Crippen LogP contribution in [0.5, 0.6) is 11.5 Å². The molecule has 0 spiro atoms. The highest BCUT2D eigenvalue weighted by Gasteiger charge is 2.35. The number of carboxylic acid groups (broad SMARTS) is 1. The van der Waals surface area contributed by atoms with E-state index in [4.69, 9.17) is 35.6 Å². The number of carbonyl (C=O) groups is 3. The number of rotatable bonds is 22. The highest BCUT2D eigenvalue weighted by Crippen LogP contribution is 2.40. The van der Waals surface area contributed by atoms with E-state index in [-0.39, 0.29) is 25.5 Å². The summed E-state index contributed by atoms with van der Waals surface area (Å²) in [5, 5.41) is 23.7. The number of ether oxygens (including phenoxy) is 3. The fraction of sp³-hybridized carbons (Fsp3) is 0.595. The monoisotopic (exact) mass is 736 g/mol. The molecule has 0 heterocycles. The average molecular weight is 737 g/mol. The number of aliphatic carboxylic acids is 1. The number of esters is 2. The van der Waals surface area contributed by atoms with Crippen molar-refractivity contribution in [3.8, 4) is 11.5 Å². The SMILES string of the molecule is CC(=O)O.CCOC(=O)C(CCCCN)NP(=O)(COc1cc(C)c(Cc2ccc(O)c(C(C)C)c2)c(C)c1)NC(CCCCN)C(=O)OCC. The fourth-order valence-corrected chi connectivity index (χ4v) is 7.45. The van der Waals surface area contributed by atoms with E-state index < -0.39 is 37.4 Å². The molecule has 8 N–H and O–H groups in total. The van der Waals surface area contributed by atoms with E-state index in [2.05, 4.69) is 10.2 Å². The number of unbranched alkanes of at least 4 members (excludes halogenated alkanes) is 2. The van der Waals surface area contributed by atoms with Crippen LogP contribution in [0.4, 0.5) is 0 Å². The topological polar surface area (TPSA) is 213 Å². The first kappa shape index (κ1) is 45.5. The van der Waals surface area contributed by atoms with Crippen LogP contribution in [0.25, 0.3) is 0 Å². The number of hydrogen-bond acceptors (Lipinski definition) is 10. The van der Waals surface area contributed by atoms with Gasteiger partial charge in [-0.25, -0.2) is 10.2 Å². The molecule has 2 aromatic carbocycles. The molecule has 2 rings (SSSR count). The first-order valence-electron chi connectivity index (χ1n) is 17.7. The second kappa shape index (κ2) is 23.9. The third-order valence-corrected chi connectivity index (χ3v) is 9.89. The van der Waals surface area contributed by atoms with Gasteiger partial charge in [-0.15, -0.1) is 0 Å². The molecule has 0 aliphatic heterocycles. The lowest BCUT2D eigenvalue weighted by Gasteiger charge is -2.29. The minimum atomic E-state index is -3.78. The number of nitrogens with two attached hydrogens (primary N) is 2. The maximum atomic E-state index is 14.6. The van der Waals surface area contributed by atoms with Gasteiger partial charge in [0.2, 0.25) is 7.44 Å². The van der Waals surface area contributed by atoms with E-state index in [1.807, 2.05) is 52.0 Å². The Morgan fingerprint density at radius 2 is 1.31 bits per heavy atom. The number of aryl methyl sites for hydroxylation is 2. The largest absolute Gasteiger partial charge is 0.508 e. The second-order valence-electron chi connectivity index (χ2n) is 12.7. The quantitative estimate of drug-likeness (QED) is 0.0491. The van der Waals surface area contributed by atoms with Gasteiger partial charge in [0.1, 0.15) is 23.6 Å². The van der Waals surface area contributed by atoms with Crippen molar-refractivity contribution in [3.63, 3.8) is 0 Å². The molecule has 0 saturated heterocycles. The Kier molecular flexibility index (Phi) is 21.3. The molecule has 0 aliphatic rings. The summed E-state index contributed by atoms with van der Waals surface area (Å²) in [4.78, 5) is 34.9. The third-order valence-electron chi connectivity index (χ3n) is 7.94. The van der Waals surface area contributed by atoms with E-state index in [1.165, 1.54) is 0 Å². The van der Waals surface area contributed by atoms with Crippen LogP contribution in [0.1, 0.15) is 107 Å². The molecule has 51 heavy (non-hydrogen) atoms. The number of hydrogen-bond donors (Lipinski definition) is 6. The molecule has 2 atom stereocenters. The minimum absolute atomic E-state index is 0.167. The van der Waals surface area contributed by atoms with E-state index in [9.17, 15) is 19.3 Å². The van der Waals surface area contributed by atoms with Crippen LogP contribution in [0, 0.1) is 13.8 Å². The van der Waals surface area contributed by atoms with Gasteiger partial charge in [-0.3, -0.25) is 18.9 Å². The zero-order chi connectivity index (χ0) is 38.6. The predicted octanol–water partition coefficient (Wildman–Crippen LogP) is 5.64. The van der Waals surface area contributed by atoms with Crippen molar-refractivity contribution in [1.82, 2.24) is 10.2 Å². The molecule has 13 nitrogen and oxygen atoms in total. The van der Waals surface area contributed by atoms with Gasteiger partial charge in [-0.2, -0.15) is 0 Å². The normalized spacial score (nSPS) is 13.4. The van der Waals surface area contributed by atoms with Gasteiger partial charge >= 0.3 is 11.9 Å². The Morgan fingerprint density at radius 3 is 1.73 bits per heavy atom. The number of carboxylic acids is 1. The summed E-state index contributed by atoms with van der Waals surface area (Å²) < 4.78 is 31.4. The maximum Gasteiger partial charge on any atom is 0.323 e. The van der Waals surface area contributed by atoms with Crippen LogP contribution < -0.4 is 26.4 Å². The Bertz CT molecular complexity index is 1370. The van der Waals surface area contributed by atoms with Crippen LogP contribution in [0.3, 0.4) is 0 Å². The van der Waals surface area contributed by atoms with Gasteiger partial charge in [0.25, 0.3) is 5.97 Å². The summed E-state index contributed by atoms with van der Waals surface area (Å²) in [5.41, 5.74) is 16.5. The zero-order valence-corrected chi connectivity index (χ0v) is 32.4. The van der Waals surface area contributed by atoms with Crippen LogP contribution in [-0.2, 0) is 34.8 Å². The van der Waals surface area contributed by atoms with Crippen LogP contribution in [0.2, 0.25) is 0 Å². The summed E-state index contributed by atoms with van der Waals surface area (Å²) in [6, 6.07) is 7.69. The molecule has 0 amide bonds. The Labute approximate surface area is 303 Å². The molecule has 2 aromatic rings. The van der Waals surface area contributed by atoms with Gasteiger partial charge in [-0.1, -0.05) is 38.8 Å². The van der Waals surface area contributed by atoms with Crippen LogP contribution in [-0.4, -0.2) is 72.9 Å². The Hall–Kier alpha value is -3.48. The molecular formula is C37H61N4O9P. The maximum absolute atomic E-state index is 14.6. The summed E-state index contributed by atoms with van der Waals surface area (Å²) in [6.07, 6.45) is 3.64. The predicted molar refractivity (Wildman–Crippen MR) is 200 cm³/mol. The number of aromatic hydroxyl groups is 1. The first-order valence-corrected chi connectivity index (χ1v) is 19.6. The van der Waals surface area contributed by atoms with Gasteiger partial charge in [-0.05, 0) is 125 Å². The molecule has 2 unspecified atom stereocenters. The second-order valence-corrected chi connectivity index (χ2v) is 15.0. The molecular weight excluding hydrogens is 675 g/mol. The van der Waals surface area contributed by atoms with E-state index in [0.717, 1.165) is 34.7 Å². The molecule has 288 valence electrons. The van der Waals surface area contributed by atoms with Crippen molar-refractivity contribution >= 4 is 25.4 Å². The Balaban J connectivity index is 0.00000308. The van der Waals surface area contributed by atoms with Gasteiger partial charge in [0.05, 0.1) is 13.2 Å². The standard InChI is InChI=1S/C35H57N4O7P.C2H4O2/c1-7-44-34(41)31(13-9-11-17-36)38-47(43,39-32(14-10-12-18-37)35(42)45-8-2)23-46-28-19-25(5)30(26(6)20-28)22-27-15-16-33(40)29(21-27)24(3)4;1-2(3)4/h15-16,19-21,24,31-32,40H,7-14,17-18,22-23,36-37H2,1-6H3,(H2,38,39,43);1H3,(H,3,4). The van der Waals surface area contributed by atoms with Gasteiger partial charge in [0.15, 0.2) is 6.35 Å². The molecule has 0 aromatic heterocycles. The smallest absolute Gasteiger partial charge is 0.323 e. The van der Waals surface area contributed by atoms with Gasteiger partial charge < -0.3 is 35.9 Å². The van der Waals surface area contributed by atoms with E-state index in [0.29, 0.717) is 69.5 Å². The zero-order valence-electron chi connectivity index (χ0n) is 31.5. The molecule has 0 radical (unpaired) electrons. The number of nitrogens with one attached hydrogen (secondary N) is 2. The molecule has 14 heteroatoms. The minimum Gasteiger partial charge on any atom is -0.508 e. The van der Waals surface area contributed by atoms with Crippen molar-refractivity contribution in [2.24, 2.45) is 11.5 Å². The summed E-state index contributed by atoms with van der Waals surface area (Å²) in [7, 11) is -3.78. The number of phenolic OH excluding ortho intramolecular Hbond substituents is 1. The van der Waals surface area contributed by atoms with Gasteiger partial charge in [0, 0.05) is 6.92 Å². The number of phenols is 1. The third kappa shape index (κ3) is 17.1. The van der Waals surface area contributed by atoms with E-state index >= 15 is 0 Å². The van der Waals surface area contributed by atoms with Crippen molar-refractivity contribution < 1.29 is 43.4 Å². The number of carbonyl (C=O) groups excluding carboxylic acids is 2. The van der Waals surface area contributed by atoms with Crippen molar-refractivity contribution in [1.29, 1.82) is 0 Å².